The molecular formula is C19H22FNO3. The van der Waals surface area contributed by atoms with E-state index < -0.39 is 11.9 Å². The molecule has 4 nitrogen and oxygen atoms in total. The van der Waals surface area contributed by atoms with Crippen LogP contribution < -0.4 is 14.8 Å². The molecule has 0 aliphatic heterocycles. The van der Waals surface area contributed by atoms with E-state index in [0.29, 0.717) is 18.9 Å². The van der Waals surface area contributed by atoms with Gasteiger partial charge in [0.2, 0.25) is 0 Å². The molecule has 0 saturated carbocycles. The van der Waals surface area contributed by atoms with Gasteiger partial charge in [0.25, 0.3) is 5.91 Å². The SMILES string of the molecule is Cc1cc(C)cc(OCCNC(=O)[C@H](C)Oc2cccc(F)c2)c1. The van der Waals surface area contributed by atoms with Crippen molar-refractivity contribution in [3.8, 4) is 11.5 Å². The average molecular weight is 331 g/mol. The Labute approximate surface area is 141 Å². The van der Waals surface area contributed by atoms with Crippen LogP contribution >= 0.6 is 0 Å². The van der Waals surface area contributed by atoms with Gasteiger partial charge in [-0.05, 0) is 56.2 Å². The average Bonchev–Trinajstić information content (AvgIpc) is 2.50. The molecule has 0 saturated heterocycles. The highest BCUT2D eigenvalue weighted by molar-refractivity contribution is 5.80. The van der Waals surface area contributed by atoms with Crippen molar-refractivity contribution in [3.05, 3.63) is 59.4 Å². The van der Waals surface area contributed by atoms with Crippen LogP contribution in [-0.2, 0) is 4.79 Å². The summed E-state index contributed by atoms with van der Waals surface area (Å²) in [4.78, 5) is 12.0. The van der Waals surface area contributed by atoms with E-state index in [1.54, 1.807) is 13.0 Å². The zero-order valence-electron chi connectivity index (χ0n) is 14.1. The molecule has 1 N–H and O–H groups in total. The van der Waals surface area contributed by atoms with Crippen LogP contribution in [0, 0.1) is 19.7 Å². The lowest BCUT2D eigenvalue weighted by molar-refractivity contribution is -0.127. The number of aryl methyl sites for hydroxylation is 2. The van der Waals surface area contributed by atoms with Gasteiger partial charge >= 0.3 is 0 Å². The van der Waals surface area contributed by atoms with Crippen molar-refractivity contribution in [2.45, 2.75) is 26.9 Å². The van der Waals surface area contributed by atoms with Crippen LogP contribution in [-0.4, -0.2) is 25.2 Å². The molecule has 5 heteroatoms. The molecule has 0 bridgehead atoms. The number of nitrogens with one attached hydrogen (secondary N) is 1. The second-order valence-electron chi connectivity index (χ2n) is 5.68. The monoisotopic (exact) mass is 331 g/mol. The van der Waals surface area contributed by atoms with E-state index in [9.17, 15) is 9.18 Å². The molecular weight excluding hydrogens is 309 g/mol. The van der Waals surface area contributed by atoms with Crippen LogP contribution in [0.1, 0.15) is 18.1 Å². The lowest BCUT2D eigenvalue weighted by atomic mass is 10.1. The minimum atomic E-state index is -0.715. The zero-order chi connectivity index (χ0) is 17.5. The van der Waals surface area contributed by atoms with E-state index >= 15 is 0 Å². The number of carbonyl (C=O) groups is 1. The lowest BCUT2D eigenvalue weighted by Gasteiger charge is -2.15. The Morgan fingerprint density at radius 3 is 2.50 bits per heavy atom. The molecule has 0 aliphatic carbocycles. The number of rotatable bonds is 7. The summed E-state index contributed by atoms with van der Waals surface area (Å²) >= 11 is 0. The second-order valence-corrected chi connectivity index (χ2v) is 5.68. The molecule has 0 heterocycles. The molecule has 0 aliphatic rings. The number of halogens is 1. The fraction of sp³-hybridized carbons (Fsp3) is 0.316. The van der Waals surface area contributed by atoms with Gasteiger partial charge in [-0.3, -0.25) is 4.79 Å². The Morgan fingerprint density at radius 2 is 1.83 bits per heavy atom. The van der Waals surface area contributed by atoms with Crippen LogP contribution in [0.25, 0.3) is 0 Å². The van der Waals surface area contributed by atoms with Crippen molar-refractivity contribution in [1.82, 2.24) is 5.32 Å². The van der Waals surface area contributed by atoms with Crippen molar-refractivity contribution in [3.63, 3.8) is 0 Å². The van der Waals surface area contributed by atoms with E-state index in [1.165, 1.54) is 18.2 Å². The van der Waals surface area contributed by atoms with Gasteiger partial charge in [-0.2, -0.15) is 0 Å². The number of hydrogen-bond acceptors (Lipinski definition) is 3. The molecule has 2 rings (SSSR count). The fourth-order valence-electron chi connectivity index (χ4n) is 2.30. The summed E-state index contributed by atoms with van der Waals surface area (Å²) in [7, 11) is 0. The third kappa shape index (κ3) is 5.57. The van der Waals surface area contributed by atoms with Crippen molar-refractivity contribution in [2.75, 3.05) is 13.2 Å². The lowest BCUT2D eigenvalue weighted by Crippen LogP contribution is -2.38. The van der Waals surface area contributed by atoms with Gasteiger partial charge < -0.3 is 14.8 Å². The van der Waals surface area contributed by atoms with Gasteiger partial charge in [0.15, 0.2) is 6.10 Å². The highest BCUT2D eigenvalue weighted by Gasteiger charge is 2.14. The van der Waals surface area contributed by atoms with Crippen LogP contribution in [0.4, 0.5) is 4.39 Å². The number of ether oxygens (including phenoxy) is 2. The third-order valence-electron chi connectivity index (χ3n) is 3.34. The number of carbonyl (C=O) groups excluding carboxylic acids is 1. The van der Waals surface area contributed by atoms with Gasteiger partial charge in [-0.25, -0.2) is 4.39 Å². The van der Waals surface area contributed by atoms with Gasteiger partial charge in [-0.1, -0.05) is 12.1 Å². The molecule has 24 heavy (non-hydrogen) atoms. The molecule has 2 aromatic carbocycles. The molecule has 0 fully saturated rings. The summed E-state index contributed by atoms with van der Waals surface area (Å²) < 4.78 is 24.1. The van der Waals surface area contributed by atoms with Crippen LogP contribution in [0.2, 0.25) is 0 Å². The highest BCUT2D eigenvalue weighted by atomic mass is 19.1. The van der Waals surface area contributed by atoms with E-state index in [2.05, 4.69) is 11.4 Å². The number of hydrogen-bond donors (Lipinski definition) is 1. The minimum absolute atomic E-state index is 0.275. The van der Waals surface area contributed by atoms with Gasteiger partial charge in [0, 0.05) is 6.07 Å². The normalized spacial score (nSPS) is 11.7. The molecule has 1 atom stereocenters. The van der Waals surface area contributed by atoms with E-state index in [-0.39, 0.29) is 5.91 Å². The Bertz CT molecular complexity index is 683. The highest BCUT2D eigenvalue weighted by Crippen LogP contribution is 2.16. The van der Waals surface area contributed by atoms with E-state index in [4.69, 9.17) is 9.47 Å². The fourth-order valence-corrected chi connectivity index (χ4v) is 2.30. The molecule has 0 unspecified atom stereocenters. The number of benzene rings is 2. The van der Waals surface area contributed by atoms with Gasteiger partial charge in [0.1, 0.15) is 23.9 Å². The first-order valence-electron chi connectivity index (χ1n) is 7.85. The summed E-state index contributed by atoms with van der Waals surface area (Å²) in [5, 5.41) is 2.73. The largest absolute Gasteiger partial charge is 0.492 e. The number of amides is 1. The van der Waals surface area contributed by atoms with Gasteiger partial charge in [-0.15, -0.1) is 0 Å². The Hall–Kier alpha value is -2.56. The standard InChI is InChI=1S/C19H22FNO3/c1-13-9-14(2)11-18(10-13)23-8-7-21-19(22)15(3)24-17-6-4-5-16(20)12-17/h4-6,9-12,15H,7-8H2,1-3H3,(H,21,22)/t15-/m0/s1. The second kappa shape index (κ2) is 8.34. The van der Waals surface area contributed by atoms with Crippen LogP contribution in [0.15, 0.2) is 42.5 Å². The Kier molecular flexibility index (Phi) is 6.18. The molecule has 0 aromatic heterocycles. The summed E-state index contributed by atoms with van der Waals surface area (Å²) in [6.07, 6.45) is -0.715. The maximum absolute atomic E-state index is 13.1. The first kappa shape index (κ1) is 17.8. The maximum atomic E-state index is 13.1. The molecule has 0 radical (unpaired) electrons. The maximum Gasteiger partial charge on any atom is 0.260 e. The topological polar surface area (TPSA) is 47.6 Å². The third-order valence-corrected chi connectivity index (χ3v) is 3.34. The van der Waals surface area contributed by atoms with Crippen molar-refractivity contribution in [1.29, 1.82) is 0 Å². The summed E-state index contributed by atoms with van der Waals surface area (Å²) in [5.74, 6) is 0.431. The first-order chi connectivity index (χ1) is 11.4. The van der Waals surface area contributed by atoms with E-state index in [1.807, 2.05) is 26.0 Å². The molecule has 1 amide bonds. The van der Waals surface area contributed by atoms with E-state index in [0.717, 1.165) is 16.9 Å². The van der Waals surface area contributed by atoms with Crippen LogP contribution in [0.5, 0.6) is 11.5 Å². The molecule has 2 aromatic rings. The smallest absolute Gasteiger partial charge is 0.260 e. The van der Waals surface area contributed by atoms with Crippen molar-refractivity contribution >= 4 is 5.91 Å². The van der Waals surface area contributed by atoms with Crippen molar-refractivity contribution < 1.29 is 18.7 Å². The summed E-state index contributed by atoms with van der Waals surface area (Å²) in [5.41, 5.74) is 2.26. The van der Waals surface area contributed by atoms with Crippen LogP contribution in [0.3, 0.4) is 0 Å². The summed E-state index contributed by atoms with van der Waals surface area (Å²) in [6.45, 7) is 6.36. The predicted octanol–water partition coefficient (Wildman–Crippen LogP) is 3.41. The zero-order valence-corrected chi connectivity index (χ0v) is 14.1. The van der Waals surface area contributed by atoms with Gasteiger partial charge in [0.05, 0.1) is 6.54 Å². The predicted molar refractivity (Wildman–Crippen MR) is 90.9 cm³/mol. The minimum Gasteiger partial charge on any atom is -0.492 e. The first-order valence-corrected chi connectivity index (χ1v) is 7.85. The summed E-state index contributed by atoms with van der Waals surface area (Å²) in [6, 6.07) is 11.7. The Morgan fingerprint density at radius 1 is 1.12 bits per heavy atom. The molecule has 128 valence electrons. The quantitative estimate of drug-likeness (QED) is 0.791. The molecule has 0 spiro atoms. The van der Waals surface area contributed by atoms with Crippen molar-refractivity contribution in [2.24, 2.45) is 0 Å². The Balaban J connectivity index is 1.74.